The predicted octanol–water partition coefficient (Wildman–Crippen LogP) is -21.7. The van der Waals surface area contributed by atoms with Gasteiger partial charge in [0.05, 0.1) is 119 Å². The zero-order valence-corrected chi connectivity index (χ0v) is 39.8. The van der Waals surface area contributed by atoms with E-state index in [1.54, 1.807) is 0 Å². The van der Waals surface area contributed by atoms with Gasteiger partial charge in [-0.15, -0.1) is 0 Å². The molecule has 0 fully saturated rings. The van der Waals surface area contributed by atoms with Gasteiger partial charge in [0.15, 0.2) is 0 Å². The van der Waals surface area contributed by atoms with Gasteiger partial charge in [0.25, 0.3) is 0 Å². The summed E-state index contributed by atoms with van der Waals surface area (Å²) < 4.78 is 64.7. The molecule has 28 heteroatoms. The second-order valence-corrected chi connectivity index (χ2v) is 0. The van der Waals surface area contributed by atoms with E-state index in [2.05, 4.69) is 119 Å². The molecule has 0 aliphatic rings. The van der Waals surface area contributed by atoms with Crippen LogP contribution in [0.2, 0.25) is 0 Å². The van der Waals surface area contributed by atoms with Crippen LogP contribution < -0.4 is 236 Å². The first-order valence-electron chi connectivity index (χ1n) is 1.69. The first-order valence-corrected chi connectivity index (χ1v) is 5.07. The Morgan fingerprint density at radius 2 is 0.179 bits per heavy atom. The quantitative estimate of drug-likeness (QED) is 0.107. The minimum Gasteiger partial charge on any atom is -1.00 e. The van der Waals surface area contributed by atoms with Crippen LogP contribution in [-0.4, -0.2) is 46.6 Å². The molecule has 0 aromatic heterocycles. The summed E-state index contributed by atoms with van der Waals surface area (Å²) in [6, 6.07) is 0. The van der Waals surface area contributed by atoms with E-state index in [0.29, 0.717) is 0 Å². The standard InChI is InChI=1S/10ClHO.8Na.8H/c10*1-2;;;;;;;;;;;;;;;;/h10*2H;;;;;;;;;;;;;;;;/q;;;;;;;;;;8*+1;8*-1. The smallest absolute Gasteiger partial charge is 1.00 e. The van der Waals surface area contributed by atoms with E-state index in [9.17, 15) is 0 Å². The van der Waals surface area contributed by atoms with Crippen LogP contribution in [0, 0.1) is 0 Å². The van der Waals surface area contributed by atoms with Crippen LogP contribution in [0.25, 0.3) is 0 Å². The summed E-state index contributed by atoms with van der Waals surface area (Å²) in [4.78, 5) is 0. The van der Waals surface area contributed by atoms with Gasteiger partial charge >= 0.3 is 236 Å². The number of hydrogen-bond acceptors (Lipinski definition) is 10. The Hall–Kier alpha value is 10.5. The summed E-state index contributed by atoms with van der Waals surface area (Å²) in [5.74, 6) is 0. The Labute approximate surface area is 403 Å². The van der Waals surface area contributed by atoms with E-state index < -0.39 is 0 Å². The Kier molecular flexibility index (Phi) is 2080. The zero-order chi connectivity index (χ0) is 20.0. The van der Waals surface area contributed by atoms with Crippen LogP contribution in [0.1, 0.15) is 11.4 Å². The molecule has 10 N–H and O–H groups in total. The van der Waals surface area contributed by atoms with E-state index in [1.165, 1.54) is 0 Å². The Morgan fingerprint density at radius 3 is 0.179 bits per heavy atom. The summed E-state index contributed by atoms with van der Waals surface area (Å²) in [5.41, 5.74) is 0. The van der Waals surface area contributed by atoms with Crippen molar-refractivity contribution >= 4 is 119 Å². The Morgan fingerprint density at radius 1 is 0.179 bits per heavy atom. The minimum atomic E-state index is 0. The summed E-state index contributed by atoms with van der Waals surface area (Å²) in [6.07, 6.45) is 0. The van der Waals surface area contributed by atoms with Crippen molar-refractivity contribution in [2.75, 3.05) is 0 Å². The topological polar surface area (TPSA) is 202 Å². The molecular formula is H18Cl10Na8O10. The van der Waals surface area contributed by atoms with Gasteiger partial charge in [-0.05, 0) is 0 Å². The fourth-order valence-electron chi connectivity index (χ4n) is 0. The van der Waals surface area contributed by atoms with Crippen molar-refractivity contribution in [3.8, 4) is 0 Å². The van der Waals surface area contributed by atoms with Gasteiger partial charge < -0.3 is 11.4 Å². The van der Waals surface area contributed by atoms with Crippen LogP contribution >= 0.6 is 119 Å². The molecule has 0 aliphatic carbocycles. The molecule has 28 heavy (non-hydrogen) atoms. The monoisotopic (exact) mass is 712 g/mol. The molecule has 0 saturated heterocycles. The van der Waals surface area contributed by atoms with Crippen LogP contribution in [0.3, 0.4) is 0 Å². The maximum atomic E-state index is 6.47. The fraction of sp³-hybridized carbons (Fsp3) is 0. The molecule has 0 saturated carbocycles. The number of halogens is 10. The largest absolute Gasteiger partial charge is 1.00 e. The number of rotatable bonds is 0. The van der Waals surface area contributed by atoms with Crippen molar-refractivity contribution in [1.82, 2.24) is 0 Å². The molecular weight excluding hydrogens is 698 g/mol. The SMILES string of the molecule is OCl.OCl.OCl.OCl.OCl.OCl.OCl.OCl.OCl.OCl.[H-].[H-].[H-].[H-].[H-].[H-].[H-].[H-].[Na+].[Na+].[Na+].[Na+].[Na+].[Na+].[Na+].[Na+]. The van der Waals surface area contributed by atoms with Gasteiger partial charge in [-0.25, -0.2) is 0 Å². The van der Waals surface area contributed by atoms with Gasteiger partial charge in [-0.1, -0.05) is 0 Å². The third-order valence-corrected chi connectivity index (χ3v) is 0. The van der Waals surface area contributed by atoms with Crippen LogP contribution in [0.4, 0.5) is 0 Å². The summed E-state index contributed by atoms with van der Waals surface area (Å²) in [6.45, 7) is 0. The second kappa shape index (κ2) is 453. The molecule has 0 bridgehead atoms. The molecule has 0 radical (unpaired) electrons. The molecule has 0 unspecified atom stereocenters. The minimum absolute atomic E-state index is 0. The first-order chi connectivity index (χ1) is 10.0. The Bertz CT molecular complexity index is 71.7. The zero-order valence-electron chi connectivity index (χ0n) is 24.3. The Balaban J connectivity index is -0.00000000123. The molecule has 0 rings (SSSR count). The second-order valence-electron chi connectivity index (χ2n) is 0. The molecule has 10 nitrogen and oxygen atoms in total. The van der Waals surface area contributed by atoms with Gasteiger partial charge in [0.1, 0.15) is 0 Å². The van der Waals surface area contributed by atoms with Gasteiger partial charge in [0.2, 0.25) is 0 Å². The maximum absolute atomic E-state index is 6.47. The van der Waals surface area contributed by atoms with Gasteiger partial charge in [0, 0.05) is 0 Å². The van der Waals surface area contributed by atoms with Crippen molar-refractivity contribution < 1.29 is 294 Å². The normalized spacial score (nSPS) is 2.14. The van der Waals surface area contributed by atoms with Crippen molar-refractivity contribution in [1.29, 1.82) is 0 Å². The van der Waals surface area contributed by atoms with Crippen LogP contribution in [0.5, 0.6) is 0 Å². The molecule has 0 aliphatic heterocycles. The fourth-order valence-corrected chi connectivity index (χ4v) is 0. The van der Waals surface area contributed by atoms with Gasteiger partial charge in [-0.2, -0.15) is 0 Å². The average Bonchev–Trinajstić information content (AvgIpc) is 2.71. The first kappa shape index (κ1) is 129. The average molecular weight is 717 g/mol. The third kappa shape index (κ3) is 417. The molecule has 0 spiro atoms. The van der Waals surface area contributed by atoms with E-state index in [1.807, 2.05) is 0 Å². The third-order valence-electron chi connectivity index (χ3n) is 0. The van der Waals surface area contributed by atoms with Crippen molar-refractivity contribution in [3.63, 3.8) is 0 Å². The van der Waals surface area contributed by atoms with E-state index in [4.69, 9.17) is 46.6 Å². The van der Waals surface area contributed by atoms with Crippen LogP contribution in [0.15, 0.2) is 0 Å². The van der Waals surface area contributed by atoms with Crippen molar-refractivity contribution in [2.45, 2.75) is 0 Å². The van der Waals surface area contributed by atoms with Crippen molar-refractivity contribution in [3.05, 3.63) is 0 Å². The summed E-state index contributed by atoms with van der Waals surface area (Å²) in [7, 11) is 0. The molecule has 0 aromatic carbocycles. The molecule has 0 amide bonds. The molecule has 156 valence electrons. The van der Waals surface area contributed by atoms with E-state index in [0.717, 1.165) is 0 Å². The van der Waals surface area contributed by atoms with Gasteiger partial charge in [-0.3, -0.25) is 46.6 Å². The van der Waals surface area contributed by atoms with Crippen LogP contribution in [-0.2, 0) is 0 Å². The van der Waals surface area contributed by atoms with E-state index in [-0.39, 0.29) is 248 Å². The molecule has 0 atom stereocenters. The van der Waals surface area contributed by atoms with E-state index >= 15 is 0 Å². The van der Waals surface area contributed by atoms with Crippen molar-refractivity contribution in [2.24, 2.45) is 0 Å². The maximum Gasteiger partial charge on any atom is 1.00 e. The summed E-state index contributed by atoms with van der Waals surface area (Å²) >= 11 is 36.4. The molecule has 0 aromatic rings. The summed E-state index contributed by atoms with van der Waals surface area (Å²) in [5, 5.41) is 0. The number of hydrogen-bond donors (Lipinski definition) is 10. The molecule has 0 heterocycles. The predicted molar refractivity (Wildman–Crippen MR) is 89.6 cm³/mol.